The first-order valence-electron chi connectivity index (χ1n) is 8.69. The predicted molar refractivity (Wildman–Crippen MR) is 108 cm³/mol. The van der Waals surface area contributed by atoms with Gasteiger partial charge in [0.1, 0.15) is 0 Å². The van der Waals surface area contributed by atoms with Crippen molar-refractivity contribution in [2.45, 2.75) is 27.7 Å². The minimum atomic E-state index is 0.560. The number of benzene rings is 2. The van der Waals surface area contributed by atoms with Crippen molar-refractivity contribution in [1.82, 2.24) is 0 Å². The molecule has 0 saturated heterocycles. The number of aryl methyl sites for hydroxylation is 1. The minimum absolute atomic E-state index is 0.560. The summed E-state index contributed by atoms with van der Waals surface area (Å²) in [6.07, 6.45) is 8.43. The molecule has 0 aliphatic carbocycles. The van der Waals surface area contributed by atoms with Crippen molar-refractivity contribution in [3.05, 3.63) is 90.5 Å². The van der Waals surface area contributed by atoms with E-state index >= 15 is 0 Å². The fourth-order valence-electron chi connectivity index (χ4n) is 2.45. The molecular weight excluding hydrogens is 288 g/mol. The van der Waals surface area contributed by atoms with Crippen molar-refractivity contribution >= 4 is 5.57 Å². The van der Waals surface area contributed by atoms with E-state index in [0.29, 0.717) is 11.8 Å². The van der Waals surface area contributed by atoms with E-state index in [1.54, 1.807) is 0 Å². The molecule has 0 amide bonds. The topological polar surface area (TPSA) is 0 Å². The van der Waals surface area contributed by atoms with E-state index in [4.69, 9.17) is 0 Å². The molecule has 24 heavy (non-hydrogen) atoms. The first kappa shape index (κ1) is 18.0. The van der Waals surface area contributed by atoms with Crippen LogP contribution in [0.3, 0.4) is 0 Å². The lowest BCUT2D eigenvalue weighted by atomic mass is 9.95. The molecule has 0 fully saturated rings. The first-order chi connectivity index (χ1) is 11.5. The third-order valence-corrected chi connectivity index (χ3v) is 4.53. The third-order valence-electron chi connectivity index (χ3n) is 4.53. The molecule has 0 nitrogen and oxygen atoms in total. The van der Waals surface area contributed by atoms with Gasteiger partial charge in [0.15, 0.2) is 0 Å². The predicted octanol–water partition coefficient (Wildman–Crippen LogP) is 7.08. The monoisotopic (exact) mass is 316 g/mol. The standard InChI is InChI=1S/C24H28/c1-6-7-21(13-10-20(5)18(2)3)23-14-16-24(17-15-23)22-11-8-19(4)9-12-22/h6-18,20H,1H2,2-5H3/b13-10-,21-7+. The summed E-state index contributed by atoms with van der Waals surface area (Å²) in [6, 6.07) is 17.4. The molecule has 1 unspecified atom stereocenters. The summed E-state index contributed by atoms with van der Waals surface area (Å²) >= 11 is 0. The van der Waals surface area contributed by atoms with Crippen LogP contribution in [0.2, 0.25) is 0 Å². The first-order valence-corrected chi connectivity index (χ1v) is 8.69. The molecule has 0 heterocycles. The van der Waals surface area contributed by atoms with E-state index in [1.807, 2.05) is 6.08 Å². The lowest BCUT2D eigenvalue weighted by molar-refractivity contribution is 0.504. The number of rotatable bonds is 6. The molecule has 2 aromatic carbocycles. The van der Waals surface area contributed by atoms with Gasteiger partial charge >= 0.3 is 0 Å². The SMILES string of the molecule is C=C/C=C(\C=C/C(C)C(C)C)c1ccc(-c2ccc(C)cc2)cc1. The molecule has 2 aromatic rings. The minimum Gasteiger partial charge on any atom is -0.0990 e. The number of hydrogen-bond acceptors (Lipinski definition) is 0. The van der Waals surface area contributed by atoms with E-state index in [2.05, 4.69) is 101 Å². The largest absolute Gasteiger partial charge is 0.0990 e. The molecule has 0 radical (unpaired) electrons. The van der Waals surface area contributed by atoms with Crippen LogP contribution in [0.25, 0.3) is 16.7 Å². The zero-order chi connectivity index (χ0) is 17.5. The van der Waals surface area contributed by atoms with Crippen LogP contribution in [-0.2, 0) is 0 Å². The quantitative estimate of drug-likeness (QED) is 0.499. The highest BCUT2D eigenvalue weighted by Crippen LogP contribution is 2.24. The maximum atomic E-state index is 3.85. The average Bonchev–Trinajstić information content (AvgIpc) is 2.59. The highest BCUT2D eigenvalue weighted by molar-refractivity contribution is 5.77. The molecule has 0 saturated carbocycles. The van der Waals surface area contributed by atoms with Crippen LogP contribution in [-0.4, -0.2) is 0 Å². The van der Waals surface area contributed by atoms with E-state index in [0.717, 1.165) is 0 Å². The van der Waals surface area contributed by atoms with Gasteiger partial charge in [-0.3, -0.25) is 0 Å². The summed E-state index contributed by atoms with van der Waals surface area (Å²) in [5.74, 6) is 1.21. The van der Waals surface area contributed by atoms with Crippen molar-refractivity contribution in [2.75, 3.05) is 0 Å². The zero-order valence-electron chi connectivity index (χ0n) is 15.3. The van der Waals surface area contributed by atoms with Gasteiger partial charge in [0.25, 0.3) is 0 Å². The highest BCUT2D eigenvalue weighted by Gasteiger charge is 2.04. The highest BCUT2D eigenvalue weighted by atomic mass is 14.1. The van der Waals surface area contributed by atoms with Crippen LogP contribution in [0.4, 0.5) is 0 Å². The van der Waals surface area contributed by atoms with E-state index in [1.165, 1.54) is 27.8 Å². The molecule has 0 N–H and O–H groups in total. The van der Waals surface area contributed by atoms with Crippen molar-refractivity contribution in [3.8, 4) is 11.1 Å². The third kappa shape index (κ3) is 4.83. The van der Waals surface area contributed by atoms with E-state index in [9.17, 15) is 0 Å². The Morgan fingerprint density at radius 1 is 0.875 bits per heavy atom. The van der Waals surface area contributed by atoms with Crippen LogP contribution in [0.15, 0.2) is 79.4 Å². The molecule has 0 aliphatic heterocycles. The Morgan fingerprint density at radius 3 is 1.92 bits per heavy atom. The Balaban J connectivity index is 2.24. The van der Waals surface area contributed by atoms with Gasteiger partial charge in [0, 0.05) is 0 Å². The lowest BCUT2D eigenvalue weighted by Gasteiger charge is -2.11. The molecule has 0 spiro atoms. The molecule has 0 aliphatic rings. The summed E-state index contributed by atoms with van der Waals surface area (Å²) in [7, 11) is 0. The van der Waals surface area contributed by atoms with Gasteiger partial charge in [-0.1, -0.05) is 106 Å². The summed E-state index contributed by atoms with van der Waals surface area (Å²) < 4.78 is 0. The molecule has 0 heteroatoms. The number of allylic oxidation sites excluding steroid dienone is 5. The molecule has 1 atom stereocenters. The Hall–Kier alpha value is -2.34. The lowest BCUT2D eigenvalue weighted by Crippen LogP contribution is -1.99. The summed E-state index contributed by atoms with van der Waals surface area (Å²) in [5.41, 5.74) is 6.21. The second-order valence-corrected chi connectivity index (χ2v) is 6.76. The summed E-state index contributed by atoms with van der Waals surface area (Å²) in [4.78, 5) is 0. The molecule has 124 valence electrons. The van der Waals surface area contributed by atoms with Gasteiger partial charge in [-0.15, -0.1) is 0 Å². The molecule has 0 bridgehead atoms. The normalized spacial score (nSPS) is 13.5. The smallest absolute Gasteiger partial charge is 0.0184 e. The summed E-state index contributed by atoms with van der Waals surface area (Å²) in [6.45, 7) is 12.7. The Morgan fingerprint density at radius 2 is 1.42 bits per heavy atom. The Kier molecular flexibility index (Phi) is 6.37. The van der Waals surface area contributed by atoms with Crippen LogP contribution in [0.5, 0.6) is 0 Å². The van der Waals surface area contributed by atoms with Crippen molar-refractivity contribution in [1.29, 1.82) is 0 Å². The molecular formula is C24H28. The number of hydrogen-bond donors (Lipinski definition) is 0. The summed E-state index contributed by atoms with van der Waals surface area (Å²) in [5, 5.41) is 0. The molecule has 2 rings (SSSR count). The van der Waals surface area contributed by atoms with Crippen LogP contribution in [0, 0.1) is 18.8 Å². The van der Waals surface area contributed by atoms with Crippen LogP contribution >= 0.6 is 0 Å². The Bertz CT molecular complexity index is 710. The van der Waals surface area contributed by atoms with Gasteiger partial charge in [-0.25, -0.2) is 0 Å². The van der Waals surface area contributed by atoms with Gasteiger partial charge < -0.3 is 0 Å². The van der Waals surface area contributed by atoms with Crippen LogP contribution < -0.4 is 0 Å². The van der Waals surface area contributed by atoms with Gasteiger partial charge in [0.05, 0.1) is 0 Å². The van der Waals surface area contributed by atoms with Crippen molar-refractivity contribution < 1.29 is 0 Å². The van der Waals surface area contributed by atoms with Gasteiger partial charge in [-0.2, -0.15) is 0 Å². The Labute approximate surface area is 147 Å². The van der Waals surface area contributed by atoms with Gasteiger partial charge in [0.2, 0.25) is 0 Å². The van der Waals surface area contributed by atoms with Crippen molar-refractivity contribution in [3.63, 3.8) is 0 Å². The van der Waals surface area contributed by atoms with Gasteiger partial charge in [-0.05, 0) is 41.0 Å². The van der Waals surface area contributed by atoms with Crippen LogP contribution in [0.1, 0.15) is 31.9 Å². The van der Waals surface area contributed by atoms with Crippen molar-refractivity contribution in [2.24, 2.45) is 11.8 Å². The fraction of sp³-hybridized carbons (Fsp3) is 0.250. The fourth-order valence-corrected chi connectivity index (χ4v) is 2.45. The van der Waals surface area contributed by atoms with E-state index in [-0.39, 0.29) is 0 Å². The zero-order valence-corrected chi connectivity index (χ0v) is 15.3. The average molecular weight is 316 g/mol. The second kappa shape index (κ2) is 8.49. The molecule has 0 aromatic heterocycles. The second-order valence-electron chi connectivity index (χ2n) is 6.76. The van der Waals surface area contributed by atoms with E-state index < -0.39 is 0 Å². The maximum Gasteiger partial charge on any atom is -0.0184 e. The maximum absolute atomic E-state index is 3.85.